The first-order valence-corrected chi connectivity index (χ1v) is 11.4. The number of aryl methyl sites for hydroxylation is 2. The number of nitrogens with zero attached hydrogens (tertiary/aromatic N) is 3. The molecule has 0 atom stereocenters. The number of carboxylic acids is 1. The Bertz CT molecular complexity index is 1480. The second-order valence-corrected chi connectivity index (χ2v) is 8.02. The van der Waals surface area contributed by atoms with Gasteiger partial charge in [0.2, 0.25) is 0 Å². The first-order valence-electron chi connectivity index (χ1n) is 11.4. The third-order valence-corrected chi connectivity index (χ3v) is 4.93. The number of benzene rings is 2. The van der Waals surface area contributed by atoms with Crippen molar-refractivity contribution in [3.63, 3.8) is 0 Å². The molecule has 40 heavy (non-hydrogen) atoms. The minimum absolute atomic E-state index is 0. The fourth-order valence-electron chi connectivity index (χ4n) is 3.11. The van der Waals surface area contributed by atoms with E-state index in [1.807, 2.05) is 26.0 Å². The second kappa shape index (κ2) is 15.4. The van der Waals surface area contributed by atoms with Gasteiger partial charge in [0.1, 0.15) is 0 Å². The summed E-state index contributed by atoms with van der Waals surface area (Å²) in [5.41, 5.74) is 3.23. The van der Waals surface area contributed by atoms with Crippen LogP contribution >= 0.6 is 0 Å². The molecule has 204 valence electrons. The van der Waals surface area contributed by atoms with Crippen LogP contribution in [0.2, 0.25) is 0 Å². The fraction of sp³-hybridized carbons (Fsp3) is 0.0667. The number of hydrogen-bond acceptors (Lipinski definition) is 5. The summed E-state index contributed by atoms with van der Waals surface area (Å²) in [5, 5.41) is 10.0. The molecule has 5 aromatic rings. The number of pyridine rings is 3. The molecule has 0 saturated carbocycles. The molecule has 0 aliphatic carbocycles. The Kier molecular flexibility index (Phi) is 12.3. The normalized spacial score (nSPS) is 9.75. The molecule has 0 bridgehead atoms. The quantitative estimate of drug-likeness (QED) is 0.176. The number of carboxylic acid groups (broad SMARTS) is 1. The number of aromatic nitrogens is 3. The number of halogens is 4. The van der Waals surface area contributed by atoms with E-state index in [2.05, 4.69) is 27.1 Å². The Hall–Kier alpha value is -4.27. The SMILES string of the molecule is Cc1ccnc(-c2[c-]cc(F)cc2F)c1.Cc1ccnc(-c2[c-]cc(F)cc2F)c1.O=C([O-])c1ccccn1.[Ir+3]. The van der Waals surface area contributed by atoms with Crippen molar-refractivity contribution in [2.24, 2.45) is 0 Å². The summed E-state index contributed by atoms with van der Waals surface area (Å²) in [7, 11) is 0. The van der Waals surface area contributed by atoms with Crippen LogP contribution < -0.4 is 5.11 Å². The van der Waals surface area contributed by atoms with E-state index < -0.39 is 29.2 Å². The maximum atomic E-state index is 13.4. The summed E-state index contributed by atoms with van der Waals surface area (Å²) < 4.78 is 52.0. The molecule has 0 saturated heterocycles. The minimum atomic E-state index is -1.24. The molecule has 0 fully saturated rings. The summed E-state index contributed by atoms with van der Waals surface area (Å²) in [4.78, 5) is 21.6. The molecule has 2 aromatic carbocycles. The van der Waals surface area contributed by atoms with Gasteiger partial charge in [0, 0.05) is 41.9 Å². The molecule has 10 heteroatoms. The van der Waals surface area contributed by atoms with Crippen LogP contribution in [0.4, 0.5) is 17.6 Å². The number of aromatic carboxylic acids is 1. The molecule has 0 aliphatic heterocycles. The predicted molar refractivity (Wildman–Crippen MR) is 135 cm³/mol. The Morgan fingerprint density at radius 3 is 1.50 bits per heavy atom. The van der Waals surface area contributed by atoms with Gasteiger partial charge in [-0.15, -0.1) is 24.3 Å². The summed E-state index contributed by atoms with van der Waals surface area (Å²) in [6.07, 6.45) is 4.58. The van der Waals surface area contributed by atoms with Gasteiger partial charge in [-0.2, -0.15) is 0 Å². The van der Waals surface area contributed by atoms with Crippen LogP contribution in [0, 0.1) is 49.2 Å². The van der Waals surface area contributed by atoms with Crippen molar-refractivity contribution in [3.05, 3.63) is 138 Å². The van der Waals surface area contributed by atoms with E-state index in [0.717, 1.165) is 35.4 Å². The molecule has 3 heterocycles. The Morgan fingerprint density at radius 1 is 0.700 bits per heavy atom. The predicted octanol–water partition coefficient (Wildman–Crippen LogP) is 5.71. The summed E-state index contributed by atoms with van der Waals surface area (Å²) in [6, 6.07) is 20.6. The largest absolute Gasteiger partial charge is 3.00 e. The van der Waals surface area contributed by atoms with Crippen LogP contribution in [0.5, 0.6) is 0 Å². The van der Waals surface area contributed by atoms with Crippen LogP contribution in [-0.2, 0) is 20.1 Å². The number of hydrogen-bond donors (Lipinski definition) is 0. The minimum Gasteiger partial charge on any atom is -0.543 e. The van der Waals surface area contributed by atoms with Crippen molar-refractivity contribution in [2.75, 3.05) is 0 Å². The molecule has 5 rings (SSSR count). The van der Waals surface area contributed by atoms with Crippen LogP contribution in [0.15, 0.2) is 85.3 Å². The Labute approximate surface area is 242 Å². The standard InChI is InChI=1S/2C12H8F2N.C6H5NO2.Ir/c2*1-8-4-5-15-12(6-8)10-3-2-9(13)7-11(10)14;8-6(9)5-3-1-2-4-7-5;/h2*2,4-7H,1H3;1-4H,(H,8,9);/q2*-1;;+3/p-1. The van der Waals surface area contributed by atoms with E-state index in [0.29, 0.717) is 11.4 Å². The summed E-state index contributed by atoms with van der Waals surface area (Å²) in [6.45, 7) is 3.76. The van der Waals surface area contributed by atoms with E-state index in [4.69, 9.17) is 0 Å². The van der Waals surface area contributed by atoms with Gasteiger partial charge in [0.15, 0.2) is 0 Å². The molecule has 3 aromatic heterocycles. The topological polar surface area (TPSA) is 78.8 Å². The van der Waals surface area contributed by atoms with E-state index >= 15 is 0 Å². The monoisotopic (exact) mass is 723 g/mol. The van der Waals surface area contributed by atoms with Crippen LogP contribution in [-0.4, -0.2) is 20.9 Å². The number of carbonyl (C=O) groups is 1. The van der Waals surface area contributed by atoms with Gasteiger partial charge in [-0.25, -0.2) is 0 Å². The Balaban J connectivity index is 0.000000215. The van der Waals surface area contributed by atoms with Crippen molar-refractivity contribution in [1.82, 2.24) is 15.0 Å². The smallest absolute Gasteiger partial charge is 0.543 e. The van der Waals surface area contributed by atoms with Gasteiger partial charge in [-0.1, -0.05) is 52.6 Å². The van der Waals surface area contributed by atoms with Gasteiger partial charge in [0.05, 0.1) is 11.7 Å². The third kappa shape index (κ3) is 9.48. The van der Waals surface area contributed by atoms with E-state index in [-0.39, 0.29) is 36.9 Å². The average Bonchev–Trinajstić information content (AvgIpc) is 2.90. The Morgan fingerprint density at radius 2 is 1.18 bits per heavy atom. The first kappa shape index (κ1) is 31.9. The molecular weight excluding hydrogens is 703 g/mol. The summed E-state index contributed by atoms with van der Waals surface area (Å²) in [5.74, 6) is -3.80. The zero-order chi connectivity index (χ0) is 28.4. The maximum Gasteiger partial charge on any atom is 3.00 e. The zero-order valence-corrected chi connectivity index (χ0v) is 23.5. The van der Waals surface area contributed by atoms with Crippen LogP contribution in [0.25, 0.3) is 22.5 Å². The van der Waals surface area contributed by atoms with E-state index in [1.54, 1.807) is 36.7 Å². The van der Waals surface area contributed by atoms with Gasteiger partial charge in [-0.3, -0.25) is 22.5 Å². The first-order chi connectivity index (χ1) is 18.6. The van der Waals surface area contributed by atoms with E-state index in [1.165, 1.54) is 12.3 Å². The van der Waals surface area contributed by atoms with Crippen molar-refractivity contribution in [1.29, 1.82) is 0 Å². The third-order valence-electron chi connectivity index (χ3n) is 4.93. The fourth-order valence-corrected chi connectivity index (χ4v) is 3.11. The van der Waals surface area contributed by atoms with Crippen LogP contribution in [0.1, 0.15) is 21.6 Å². The van der Waals surface area contributed by atoms with Crippen molar-refractivity contribution >= 4 is 5.97 Å². The van der Waals surface area contributed by atoms with Crippen molar-refractivity contribution < 1.29 is 47.6 Å². The summed E-state index contributed by atoms with van der Waals surface area (Å²) >= 11 is 0. The van der Waals surface area contributed by atoms with Crippen LogP contribution in [0.3, 0.4) is 0 Å². The van der Waals surface area contributed by atoms with Crippen molar-refractivity contribution in [3.8, 4) is 22.5 Å². The molecule has 5 nitrogen and oxygen atoms in total. The van der Waals surface area contributed by atoms with Gasteiger partial charge < -0.3 is 19.9 Å². The number of carbonyl (C=O) groups excluding carboxylic acids is 1. The van der Waals surface area contributed by atoms with Gasteiger partial charge in [0.25, 0.3) is 0 Å². The molecular formula is C30H20F4IrN3O2. The molecule has 0 unspecified atom stereocenters. The average molecular weight is 723 g/mol. The molecule has 0 aliphatic rings. The second-order valence-electron chi connectivity index (χ2n) is 8.02. The maximum absolute atomic E-state index is 13.4. The molecule has 0 amide bonds. The van der Waals surface area contributed by atoms with Gasteiger partial charge in [-0.05, 0) is 49.5 Å². The van der Waals surface area contributed by atoms with Gasteiger partial charge >= 0.3 is 20.1 Å². The number of rotatable bonds is 3. The van der Waals surface area contributed by atoms with E-state index in [9.17, 15) is 27.5 Å². The molecule has 0 radical (unpaired) electrons. The zero-order valence-electron chi connectivity index (χ0n) is 21.1. The molecule has 0 N–H and O–H groups in total. The van der Waals surface area contributed by atoms with Crippen molar-refractivity contribution in [2.45, 2.75) is 13.8 Å². The molecule has 0 spiro atoms.